The smallest absolute Gasteiger partial charge is 0.250 e. The lowest BCUT2D eigenvalue weighted by atomic mass is 9.97. The monoisotopic (exact) mass is 360 g/mol. The highest BCUT2D eigenvalue weighted by Crippen LogP contribution is 2.37. The topological polar surface area (TPSA) is 79.1 Å². The molecule has 1 amide bonds. The fourth-order valence-electron chi connectivity index (χ4n) is 2.75. The van der Waals surface area contributed by atoms with Crippen molar-refractivity contribution < 1.29 is 9.90 Å². The standard InChI is InChI=1S/C17H17BrN2O2/c1-8-6-11(16(19)21)15-13(14(8)18)10-5-4-9(17(2,3)22)7-12(10)20-15/h4-7,20,22H,1-3H3,(H2,19,21). The summed E-state index contributed by atoms with van der Waals surface area (Å²) in [6.45, 7) is 5.41. The molecule has 4 N–H and O–H groups in total. The van der Waals surface area contributed by atoms with Crippen molar-refractivity contribution in [1.82, 2.24) is 4.98 Å². The summed E-state index contributed by atoms with van der Waals surface area (Å²) in [5, 5.41) is 12.1. The Balaban J connectivity index is 2.46. The molecule has 0 saturated heterocycles. The number of H-pyrrole nitrogens is 1. The molecule has 1 heterocycles. The van der Waals surface area contributed by atoms with Gasteiger partial charge in [-0.1, -0.05) is 12.1 Å². The average Bonchev–Trinajstić information content (AvgIpc) is 2.79. The maximum absolute atomic E-state index is 11.7. The van der Waals surface area contributed by atoms with Crippen LogP contribution in [-0.2, 0) is 5.60 Å². The Morgan fingerprint density at radius 2 is 2.00 bits per heavy atom. The van der Waals surface area contributed by atoms with Crippen LogP contribution in [0.15, 0.2) is 28.7 Å². The minimum atomic E-state index is -0.925. The van der Waals surface area contributed by atoms with Gasteiger partial charge in [0.25, 0.3) is 5.91 Å². The summed E-state index contributed by atoms with van der Waals surface area (Å²) >= 11 is 3.60. The number of hydrogen-bond acceptors (Lipinski definition) is 2. The summed E-state index contributed by atoms with van der Waals surface area (Å²) in [5.41, 5.74) is 8.39. The van der Waals surface area contributed by atoms with Crippen LogP contribution in [0.3, 0.4) is 0 Å². The third-order valence-corrected chi connectivity index (χ3v) is 4.99. The zero-order chi connectivity index (χ0) is 16.2. The number of fused-ring (bicyclic) bond motifs is 3. The Bertz CT molecular complexity index is 920. The van der Waals surface area contributed by atoms with Crippen molar-refractivity contribution in [1.29, 1.82) is 0 Å². The van der Waals surface area contributed by atoms with Gasteiger partial charge in [0.1, 0.15) is 0 Å². The third kappa shape index (κ3) is 2.21. The molecule has 2 aromatic carbocycles. The van der Waals surface area contributed by atoms with Crippen molar-refractivity contribution in [3.63, 3.8) is 0 Å². The summed E-state index contributed by atoms with van der Waals surface area (Å²) in [6, 6.07) is 7.54. The maximum Gasteiger partial charge on any atom is 0.250 e. The van der Waals surface area contributed by atoms with Crippen LogP contribution in [0.5, 0.6) is 0 Å². The second-order valence-electron chi connectivity index (χ2n) is 6.11. The van der Waals surface area contributed by atoms with Crippen LogP contribution in [0.25, 0.3) is 21.8 Å². The number of aromatic nitrogens is 1. The fraction of sp³-hybridized carbons (Fsp3) is 0.235. The van der Waals surface area contributed by atoms with E-state index in [0.717, 1.165) is 31.9 Å². The first-order valence-corrected chi connectivity index (χ1v) is 7.76. The van der Waals surface area contributed by atoms with Crippen molar-refractivity contribution in [2.45, 2.75) is 26.4 Å². The molecule has 22 heavy (non-hydrogen) atoms. The van der Waals surface area contributed by atoms with Gasteiger partial charge in [0.05, 0.1) is 16.7 Å². The van der Waals surface area contributed by atoms with Gasteiger partial charge in [-0.3, -0.25) is 4.79 Å². The van der Waals surface area contributed by atoms with E-state index in [0.29, 0.717) is 11.1 Å². The van der Waals surface area contributed by atoms with Crippen molar-refractivity contribution in [2.24, 2.45) is 5.73 Å². The van der Waals surface area contributed by atoms with Crippen LogP contribution in [-0.4, -0.2) is 16.0 Å². The minimum absolute atomic E-state index is 0.463. The number of aromatic amines is 1. The first kappa shape index (κ1) is 15.1. The molecule has 0 fully saturated rings. The number of nitrogens with one attached hydrogen (secondary N) is 1. The fourth-order valence-corrected chi connectivity index (χ4v) is 3.28. The van der Waals surface area contributed by atoms with Gasteiger partial charge in [0, 0.05) is 20.8 Å². The highest BCUT2D eigenvalue weighted by atomic mass is 79.9. The van der Waals surface area contributed by atoms with Crippen LogP contribution in [0, 0.1) is 6.92 Å². The predicted octanol–water partition coefficient (Wildman–Crippen LogP) is 3.72. The van der Waals surface area contributed by atoms with Crippen LogP contribution < -0.4 is 5.73 Å². The van der Waals surface area contributed by atoms with Gasteiger partial charge in [0.15, 0.2) is 0 Å². The van der Waals surface area contributed by atoms with E-state index in [1.54, 1.807) is 19.9 Å². The lowest BCUT2D eigenvalue weighted by Gasteiger charge is -2.17. The molecule has 1 aromatic heterocycles. The number of nitrogens with two attached hydrogens (primary N) is 1. The molecule has 0 saturated carbocycles. The van der Waals surface area contributed by atoms with Gasteiger partial charge in [-0.15, -0.1) is 0 Å². The summed E-state index contributed by atoms with van der Waals surface area (Å²) in [4.78, 5) is 15.0. The summed E-state index contributed by atoms with van der Waals surface area (Å²) in [5.74, 6) is -0.463. The average molecular weight is 361 g/mol. The number of primary amides is 1. The number of amides is 1. The Hall–Kier alpha value is -1.85. The Labute approximate surface area is 136 Å². The summed E-state index contributed by atoms with van der Waals surface area (Å²) in [7, 11) is 0. The zero-order valence-electron chi connectivity index (χ0n) is 12.6. The van der Waals surface area contributed by atoms with Crippen LogP contribution >= 0.6 is 15.9 Å². The van der Waals surface area contributed by atoms with Gasteiger partial charge in [-0.2, -0.15) is 0 Å². The molecule has 0 aliphatic carbocycles. The molecule has 0 radical (unpaired) electrons. The van der Waals surface area contributed by atoms with Gasteiger partial charge >= 0.3 is 0 Å². The molecule has 5 heteroatoms. The quantitative estimate of drug-likeness (QED) is 0.651. The second kappa shape index (κ2) is 4.83. The van der Waals surface area contributed by atoms with E-state index in [4.69, 9.17) is 5.73 Å². The lowest BCUT2D eigenvalue weighted by Crippen LogP contribution is -2.14. The van der Waals surface area contributed by atoms with E-state index >= 15 is 0 Å². The largest absolute Gasteiger partial charge is 0.386 e. The normalized spacial score (nSPS) is 12.2. The Kier molecular flexibility index (Phi) is 3.30. The van der Waals surface area contributed by atoms with Crippen molar-refractivity contribution in [3.05, 3.63) is 45.4 Å². The van der Waals surface area contributed by atoms with Crippen molar-refractivity contribution >= 4 is 43.6 Å². The highest BCUT2D eigenvalue weighted by Gasteiger charge is 2.20. The Morgan fingerprint density at radius 3 is 2.59 bits per heavy atom. The van der Waals surface area contributed by atoms with Crippen molar-refractivity contribution in [2.75, 3.05) is 0 Å². The number of carbonyl (C=O) groups is 1. The molecule has 0 spiro atoms. The van der Waals surface area contributed by atoms with E-state index in [-0.39, 0.29) is 0 Å². The van der Waals surface area contributed by atoms with Gasteiger partial charge < -0.3 is 15.8 Å². The first-order chi connectivity index (χ1) is 10.2. The van der Waals surface area contributed by atoms with E-state index in [1.165, 1.54) is 0 Å². The van der Waals surface area contributed by atoms with Crippen molar-refractivity contribution in [3.8, 4) is 0 Å². The molecule has 0 aliphatic rings. The molecular weight excluding hydrogens is 344 g/mol. The molecule has 0 atom stereocenters. The molecule has 0 unspecified atom stereocenters. The second-order valence-corrected chi connectivity index (χ2v) is 6.91. The van der Waals surface area contributed by atoms with E-state index < -0.39 is 11.5 Å². The number of halogens is 1. The molecule has 114 valence electrons. The maximum atomic E-state index is 11.7. The lowest BCUT2D eigenvalue weighted by molar-refractivity contribution is 0.0787. The van der Waals surface area contributed by atoms with Crippen LogP contribution in [0.1, 0.15) is 35.3 Å². The molecule has 3 aromatic rings. The summed E-state index contributed by atoms with van der Waals surface area (Å²) in [6.07, 6.45) is 0. The predicted molar refractivity (Wildman–Crippen MR) is 92.0 cm³/mol. The minimum Gasteiger partial charge on any atom is -0.386 e. The SMILES string of the molecule is Cc1cc(C(N)=O)c2[nH]c3cc(C(C)(C)O)ccc3c2c1Br. The number of rotatable bonds is 2. The molecule has 4 nitrogen and oxygen atoms in total. The molecule has 0 aliphatic heterocycles. The summed E-state index contributed by atoms with van der Waals surface area (Å²) < 4.78 is 0.940. The van der Waals surface area contributed by atoms with E-state index in [1.807, 2.05) is 25.1 Å². The van der Waals surface area contributed by atoms with E-state index in [9.17, 15) is 9.90 Å². The number of aliphatic hydroxyl groups is 1. The zero-order valence-corrected chi connectivity index (χ0v) is 14.2. The van der Waals surface area contributed by atoms with Gasteiger partial charge in [-0.25, -0.2) is 0 Å². The third-order valence-electron chi connectivity index (χ3n) is 3.97. The Morgan fingerprint density at radius 1 is 1.32 bits per heavy atom. The first-order valence-electron chi connectivity index (χ1n) is 6.97. The number of hydrogen-bond donors (Lipinski definition) is 3. The molecule has 0 bridgehead atoms. The molecular formula is C17H17BrN2O2. The van der Waals surface area contributed by atoms with E-state index in [2.05, 4.69) is 20.9 Å². The highest BCUT2D eigenvalue weighted by molar-refractivity contribution is 9.10. The number of aryl methyl sites for hydroxylation is 1. The van der Waals surface area contributed by atoms with Gasteiger partial charge in [0.2, 0.25) is 0 Å². The van der Waals surface area contributed by atoms with Crippen LogP contribution in [0.4, 0.5) is 0 Å². The number of benzene rings is 2. The number of carbonyl (C=O) groups excluding carboxylic acids is 1. The van der Waals surface area contributed by atoms with Crippen LogP contribution in [0.2, 0.25) is 0 Å². The molecule has 3 rings (SSSR count). The van der Waals surface area contributed by atoms with Gasteiger partial charge in [-0.05, 0) is 60.0 Å².